The van der Waals surface area contributed by atoms with Gasteiger partial charge in [-0.15, -0.1) is 0 Å². The predicted octanol–water partition coefficient (Wildman–Crippen LogP) is 1.72. The van der Waals surface area contributed by atoms with E-state index in [1.54, 1.807) is 0 Å². The van der Waals surface area contributed by atoms with Crippen molar-refractivity contribution in [2.75, 3.05) is 37.6 Å². The summed E-state index contributed by atoms with van der Waals surface area (Å²) in [7, 11) is 0. The quantitative estimate of drug-likeness (QED) is 0.745. The Morgan fingerprint density at radius 3 is 2.71 bits per heavy atom. The van der Waals surface area contributed by atoms with E-state index < -0.39 is 5.54 Å². The number of fused-ring (bicyclic) bond motifs is 4. The average molecular weight is 425 g/mol. The highest BCUT2D eigenvalue weighted by Gasteiger charge is 2.67. The van der Waals surface area contributed by atoms with Crippen LogP contribution in [-0.2, 0) is 19.9 Å². The van der Waals surface area contributed by atoms with Crippen LogP contribution in [0.5, 0.6) is 0 Å². The lowest BCUT2D eigenvalue weighted by molar-refractivity contribution is -0.139. The van der Waals surface area contributed by atoms with Crippen LogP contribution in [0.4, 0.5) is 5.69 Å². The summed E-state index contributed by atoms with van der Waals surface area (Å²) in [5.74, 6) is -0.391. The molecule has 0 saturated carbocycles. The van der Waals surface area contributed by atoms with E-state index in [0.29, 0.717) is 26.2 Å². The van der Waals surface area contributed by atoms with Gasteiger partial charge in [0.15, 0.2) is 0 Å². The van der Waals surface area contributed by atoms with Crippen LogP contribution in [0.2, 0.25) is 0 Å². The van der Waals surface area contributed by atoms with Crippen LogP contribution in [0, 0.1) is 11.8 Å². The van der Waals surface area contributed by atoms with E-state index in [9.17, 15) is 14.4 Å². The first kappa shape index (κ1) is 20.5. The molecule has 1 aromatic rings. The Morgan fingerprint density at radius 2 is 1.90 bits per heavy atom. The summed E-state index contributed by atoms with van der Waals surface area (Å²) in [6.07, 6.45) is 3.56. The summed E-state index contributed by atoms with van der Waals surface area (Å²) in [4.78, 5) is 46.4. The van der Waals surface area contributed by atoms with Crippen LogP contribution in [-0.4, -0.2) is 66.3 Å². The number of nitrogens with one attached hydrogen (secondary N) is 1. The van der Waals surface area contributed by atoms with Crippen molar-refractivity contribution in [2.24, 2.45) is 11.8 Å². The van der Waals surface area contributed by atoms with Gasteiger partial charge in [-0.2, -0.15) is 0 Å². The first-order valence-corrected chi connectivity index (χ1v) is 11.7. The molecule has 3 fully saturated rings. The minimum absolute atomic E-state index is 0.00997. The Balaban J connectivity index is 1.60. The maximum Gasteiger partial charge on any atom is 0.253 e. The zero-order chi connectivity index (χ0) is 21.8. The number of hydrogen-bond donors (Lipinski definition) is 1. The number of para-hydroxylation sites is 1. The molecule has 31 heavy (non-hydrogen) atoms. The van der Waals surface area contributed by atoms with Crippen LogP contribution in [0.1, 0.15) is 45.1 Å². The Morgan fingerprint density at radius 1 is 1.10 bits per heavy atom. The van der Waals surface area contributed by atoms with Crippen molar-refractivity contribution in [3.63, 3.8) is 0 Å². The third-order valence-electron chi connectivity index (χ3n) is 7.64. The highest BCUT2D eigenvalue weighted by atomic mass is 16.2. The Bertz CT molecular complexity index is 916. The molecule has 0 radical (unpaired) electrons. The molecule has 1 spiro atoms. The number of carbonyl (C=O) groups is 3. The van der Waals surface area contributed by atoms with Crippen molar-refractivity contribution < 1.29 is 14.4 Å². The second-order valence-electron chi connectivity index (χ2n) is 9.64. The van der Waals surface area contributed by atoms with E-state index in [-0.39, 0.29) is 35.6 Å². The predicted molar refractivity (Wildman–Crippen MR) is 117 cm³/mol. The molecule has 4 heterocycles. The average Bonchev–Trinajstić information content (AvgIpc) is 3.40. The minimum atomic E-state index is -0.909. The van der Waals surface area contributed by atoms with Gasteiger partial charge in [0.05, 0.1) is 5.92 Å². The fourth-order valence-electron chi connectivity index (χ4n) is 6.31. The fraction of sp³-hybridized carbons (Fsp3) is 0.625. The second kappa shape index (κ2) is 7.62. The molecule has 0 unspecified atom stereocenters. The van der Waals surface area contributed by atoms with E-state index >= 15 is 0 Å². The van der Waals surface area contributed by atoms with Gasteiger partial charge in [0.25, 0.3) is 5.91 Å². The lowest BCUT2D eigenvalue weighted by atomic mass is 9.78. The van der Waals surface area contributed by atoms with Crippen LogP contribution in [0.25, 0.3) is 0 Å². The highest BCUT2D eigenvalue weighted by molar-refractivity contribution is 6.11. The Kier molecular flexibility index (Phi) is 5.04. The van der Waals surface area contributed by atoms with E-state index in [0.717, 1.165) is 43.5 Å². The molecule has 166 valence electrons. The molecule has 7 heteroatoms. The summed E-state index contributed by atoms with van der Waals surface area (Å²) in [5.41, 5.74) is 0.952. The van der Waals surface area contributed by atoms with Gasteiger partial charge in [-0.3, -0.25) is 19.3 Å². The lowest BCUT2D eigenvalue weighted by Gasteiger charge is -2.38. The van der Waals surface area contributed by atoms with Gasteiger partial charge in [-0.05, 0) is 38.3 Å². The van der Waals surface area contributed by atoms with Crippen LogP contribution >= 0.6 is 0 Å². The number of benzene rings is 1. The molecule has 2 bridgehead atoms. The van der Waals surface area contributed by atoms with Crippen molar-refractivity contribution in [3.8, 4) is 0 Å². The van der Waals surface area contributed by atoms with Crippen molar-refractivity contribution in [3.05, 3.63) is 29.8 Å². The van der Waals surface area contributed by atoms with Crippen molar-refractivity contribution >= 4 is 23.4 Å². The van der Waals surface area contributed by atoms with E-state index in [4.69, 9.17) is 0 Å². The summed E-state index contributed by atoms with van der Waals surface area (Å²) in [5, 5.41) is 3.10. The topological polar surface area (TPSA) is 73.0 Å². The van der Waals surface area contributed by atoms with Gasteiger partial charge in [-0.25, -0.2) is 0 Å². The summed E-state index contributed by atoms with van der Waals surface area (Å²) in [6.45, 7) is 6.74. The SMILES string of the molecule is CC(C)C(=O)N1CCCNC(=O)[C@H]2C[C@@H]3CCCN3[C@@]23C(=O)N(CC1)c1ccccc13. The van der Waals surface area contributed by atoms with Gasteiger partial charge in [-0.1, -0.05) is 32.0 Å². The van der Waals surface area contributed by atoms with Gasteiger partial charge in [0.2, 0.25) is 11.8 Å². The summed E-state index contributed by atoms with van der Waals surface area (Å²) >= 11 is 0. The van der Waals surface area contributed by atoms with Gasteiger partial charge >= 0.3 is 0 Å². The number of carbonyl (C=O) groups excluding carboxylic acids is 3. The molecule has 5 rings (SSSR count). The van der Waals surface area contributed by atoms with Gasteiger partial charge in [0, 0.05) is 49.4 Å². The molecule has 0 aliphatic carbocycles. The number of hydrogen-bond acceptors (Lipinski definition) is 4. The maximum atomic E-state index is 14.2. The third-order valence-corrected chi connectivity index (χ3v) is 7.64. The van der Waals surface area contributed by atoms with E-state index in [1.807, 2.05) is 47.9 Å². The molecule has 4 aliphatic rings. The summed E-state index contributed by atoms with van der Waals surface area (Å²) in [6, 6.07) is 8.23. The fourth-order valence-corrected chi connectivity index (χ4v) is 6.31. The first-order valence-electron chi connectivity index (χ1n) is 11.7. The molecule has 3 saturated heterocycles. The molecule has 3 amide bonds. The Labute approximate surface area is 183 Å². The Hall–Kier alpha value is -2.41. The normalized spacial score (nSPS) is 31.1. The number of amides is 3. The molecule has 1 aromatic carbocycles. The van der Waals surface area contributed by atoms with E-state index in [2.05, 4.69) is 10.2 Å². The molecule has 4 aliphatic heterocycles. The second-order valence-corrected chi connectivity index (χ2v) is 9.64. The van der Waals surface area contributed by atoms with Crippen LogP contribution in [0.15, 0.2) is 24.3 Å². The molecular formula is C24H32N4O3. The monoisotopic (exact) mass is 424 g/mol. The van der Waals surface area contributed by atoms with Crippen LogP contribution in [0.3, 0.4) is 0 Å². The number of nitrogens with zero attached hydrogens (tertiary/aromatic N) is 3. The molecule has 1 N–H and O–H groups in total. The molecule has 7 nitrogen and oxygen atoms in total. The van der Waals surface area contributed by atoms with Crippen LogP contribution < -0.4 is 10.2 Å². The van der Waals surface area contributed by atoms with Crippen molar-refractivity contribution in [2.45, 2.75) is 51.1 Å². The molecular weight excluding hydrogens is 392 g/mol. The molecule has 3 atom stereocenters. The van der Waals surface area contributed by atoms with E-state index in [1.165, 1.54) is 0 Å². The van der Waals surface area contributed by atoms with Gasteiger partial charge in [0.1, 0.15) is 5.54 Å². The maximum absolute atomic E-state index is 14.2. The smallest absolute Gasteiger partial charge is 0.253 e. The minimum Gasteiger partial charge on any atom is -0.356 e. The zero-order valence-electron chi connectivity index (χ0n) is 18.5. The third kappa shape index (κ3) is 2.93. The summed E-state index contributed by atoms with van der Waals surface area (Å²) < 4.78 is 0. The standard InChI is InChI=1S/C24H32N4O3/c1-16(2)22(30)26-11-6-10-25-21(29)19-15-17-7-5-12-28(17)24(19)18-8-3-4-9-20(18)27(14-13-26)23(24)31/h3-4,8-9,16-17,19H,5-7,10-15H2,1-2H3,(H,25,29)/t17-,19+,24+/m0/s1. The van der Waals surface area contributed by atoms with Crippen molar-refractivity contribution in [1.82, 2.24) is 15.1 Å². The number of rotatable bonds is 1. The first-order chi connectivity index (χ1) is 15.0. The van der Waals surface area contributed by atoms with Crippen molar-refractivity contribution in [1.29, 1.82) is 0 Å². The number of anilines is 1. The lowest BCUT2D eigenvalue weighted by Crippen LogP contribution is -2.57. The zero-order valence-corrected chi connectivity index (χ0v) is 18.5. The molecule has 0 aromatic heterocycles. The van der Waals surface area contributed by atoms with Gasteiger partial charge < -0.3 is 15.1 Å². The highest BCUT2D eigenvalue weighted by Crippen LogP contribution is 2.56. The largest absolute Gasteiger partial charge is 0.356 e.